The summed E-state index contributed by atoms with van der Waals surface area (Å²) in [6.45, 7) is 4.75. The number of allylic oxidation sites excluding steroid dienone is 6. The normalized spacial score (nSPS) is 13.0. The standard InChI is InChI=1S/C59H109NO8/c1-6-8-10-12-14-16-18-20-21-22-23-24-25-26-27-28-29-30-31-32-33-34-35-36-38-39-41-43-45-47-49-56(61)66-53-55(54-67-59(58(63)64)65-52-51-60(3,4)5)68-57(62)50-48-46-44-42-40-37-19-17-15-13-11-9-7-2/h9,11,15,17,37,40,55,59H,6-8,10,12-14,16,18-36,38-39,41-54H2,1-5H3/p+1/b11-9-,17-15-,40-37-. The summed E-state index contributed by atoms with van der Waals surface area (Å²) in [5.74, 6) is -2.03. The number of ether oxygens (including phenoxy) is 4. The molecule has 398 valence electrons. The van der Waals surface area contributed by atoms with E-state index in [1.807, 2.05) is 21.1 Å². The van der Waals surface area contributed by atoms with Gasteiger partial charge in [-0.25, -0.2) is 4.79 Å². The van der Waals surface area contributed by atoms with Crippen molar-refractivity contribution < 1.29 is 42.9 Å². The zero-order chi connectivity index (χ0) is 49.9. The Kier molecular flexibility index (Phi) is 49.0. The first-order chi connectivity index (χ1) is 33.1. The maximum atomic E-state index is 12.8. The second-order valence-electron chi connectivity index (χ2n) is 20.6. The lowest BCUT2D eigenvalue weighted by molar-refractivity contribution is -0.870. The Hall–Kier alpha value is -2.49. The van der Waals surface area contributed by atoms with Crippen molar-refractivity contribution in [3.05, 3.63) is 36.5 Å². The molecule has 0 saturated carbocycles. The molecule has 0 fully saturated rings. The number of nitrogens with zero attached hydrogens (tertiary/aromatic N) is 1. The molecule has 0 aromatic heterocycles. The molecule has 0 aliphatic rings. The molecule has 0 rings (SSSR count). The molecule has 0 aliphatic heterocycles. The average molecular weight is 962 g/mol. The van der Waals surface area contributed by atoms with E-state index < -0.39 is 24.3 Å². The number of carbonyl (C=O) groups is 3. The van der Waals surface area contributed by atoms with Crippen LogP contribution in [-0.4, -0.2) is 87.4 Å². The van der Waals surface area contributed by atoms with Crippen LogP contribution in [0.3, 0.4) is 0 Å². The number of hydrogen-bond acceptors (Lipinski definition) is 7. The Morgan fingerprint density at radius 2 is 0.838 bits per heavy atom. The van der Waals surface area contributed by atoms with Gasteiger partial charge in [0.1, 0.15) is 13.2 Å². The largest absolute Gasteiger partial charge is 0.477 e. The molecule has 2 atom stereocenters. The fourth-order valence-electron chi connectivity index (χ4n) is 8.27. The first-order valence-electron chi connectivity index (χ1n) is 28.7. The molecule has 0 bridgehead atoms. The van der Waals surface area contributed by atoms with Crippen molar-refractivity contribution in [3.8, 4) is 0 Å². The van der Waals surface area contributed by atoms with Gasteiger partial charge in [-0.05, 0) is 44.9 Å². The minimum Gasteiger partial charge on any atom is -0.477 e. The Balaban J connectivity index is 4.07. The molecule has 68 heavy (non-hydrogen) atoms. The monoisotopic (exact) mass is 961 g/mol. The van der Waals surface area contributed by atoms with E-state index in [1.165, 1.54) is 173 Å². The van der Waals surface area contributed by atoms with Gasteiger partial charge in [0.25, 0.3) is 6.29 Å². The summed E-state index contributed by atoms with van der Waals surface area (Å²) < 4.78 is 22.8. The molecule has 0 aromatic carbocycles. The molecule has 0 amide bonds. The highest BCUT2D eigenvalue weighted by Crippen LogP contribution is 2.17. The SMILES string of the molecule is CC/C=C\C/C=C\C/C=C\CCCCCC(=O)OC(COC(=O)CCCCCCCCCCCCCCCCCCCCCCCCCCCCCCCC)COC(OCC[N+](C)(C)C)C(=O)O. The third-order valence-corrected chi connectivity index (χ3v) is 12.7. The van der Waals surface area contributed by atoms with Gasteiger partial charge in [-0.2, -0.15) is 0 Å². The van der Waals surface area contributed by atoms with Crippen molar-refractivity contribution in [1.82, 2.24) is 0 Å². The van der Waals surface area contributed by atoms with E-state index >= 15 is 0 Å². The van der Waals surface area contributed by atoms with Crippen molar-refractivity contribution in [2.24, 2.45) is 0 Å². The van der Waals surface area contributed by atoms with Gasteiger partial charge in [0.05, 0.1) is 34.4 Å². The summed E-state index contributed by atoms with van der Waals surface area (Å²) in [4.78, 5) is 37.3. The average Bonchev–Trinajstić information content (AvgIpc) is 3.30. The van der Waals surface area contributed by atoms with Crippen molar-refractivity contribution >= 4 is 17.9 Å². The van der Waals surface area contributed by atoms with Crippen molar-refractivity contribution in [3.63, 3.8) is 0 Å². The summed E-state index contributed by atoms with van der Waals surface area (Å²) in [5.41, 5.74) is 0. The minimum atomic E-state index is -1.52. The van der Waals surface area contributed by atoms with Crippen LogP contribution in [0.5, 0.6) is 0 Å². The summed E-state index contributed by atoms with van der Waals surface area (Å²) in [6.07, 6.45) is 58.3. The van der Waals surface area contributed by atoms with E-state index in [0.717, 1.165) is 57.8 Å². The maximum absolute atomic E-state index is 12.8. The lowest BCUT2D eigenvalue weighted by Crippen LogP contribution is -2.40. The zero-order valence-corrected chi connectivity index (χ0v) is 45.3. The molecule has 0 aliphatic carbocycles. The molecule has 0 aromatic rings. The van der Waals surface area contributed by atoms with E-state index in [2.05, 4.69) is 50.3 Å². The molecule has 2 unspecified atom stereocenters. The predicted octanol–water partition coefficient (Wildman–Crippen LogP) is 16.5. The molecule has 0 radical (unpaired) electrons. The van der Waals surface area contributed by atoms with E-state index in [0.29, 0.717) is 23.9 Å². The summed E-state index contributed by atoms with van der Waals surface area (Å²) in [7, 11) is 5.96. The molecule has 0 heterocycles. The smallest absolute Gasteiger partial charge is 0.361 e. The number of esters is 2. The fourth-order valence-corrected chi connectivity index (χ4v) is 8.27. The summed E-state index contributed by atoms with van der Waals surface area (Å²) in [5, 5.41) is 9.67. The third kappa shape index (κ3) is 51.4. The second kappa shape index (κ2) is 50.9. The fraction of sp³-hybridized carbons (Fsp3) is 0.847. The number of hydrogen-bond donors (Lipinski definition) is 1. The number of carboxylic acid groups (broad SMARTS) is 1. The number of unbranched alkanes of at least 4 members (excludes halogenated alkanes) is 32. The van der Waals surface area contributed by atoms with Gasteiger partial charge >= 0.3 is 17.9 Å². The molecule has 0 spiro atoms. The van der Waals surface area contributed by atoms with Crippen LogP contribution in [-0.2, 0) is 33.3 Å². The lowest BCUT2D eigenvalue weighted by Gasteiger charge is -2.25. The Morgan fingerprint density at radius 1 is 0.456 bits per heavy atom. The topological polar surface area (TPSA) is 108 Å². The van der Waals surface area contributed by atoms with Crippen molar-refractivity contribution in [1.29, 1.82) is 0 Å². The Bertz CT molecular complexity index is 1210. The maximum Gasteiger partial charge on any atom is 0.361 e. The van der Waals surface area contributed by atoms with Gasteiger partial charge < -0.3 is 28.5 Å². The van der Waals surface area contributed by atoms with Crippen LogP contribution in [0.2, 0.25) is 0 Å². The van der Waals surface area contributed by atoms with E-state index in [9.17, 15) is 19.5 Å². The number of likely N-dealkylation sites (N-methyl/N-ethyl adjacent to an activating group) is 1. The number of rotatable bonds is 53. The van der Waals surface area contributed by atoms with Crippen LogP contribution < -0.4 is 0 Å². The quantitative estimate of drug-likeness (QED) is 0.0211. The summed E-state index contributed by atoms with van der Waals surface area (Å²) >= 11 is 0. The van der Waals surface area contributed by atoms with E-state index in [4.69, 9.17) is 18.9 Å². The van der Waals surface area contributed by atoms with E-state index in [-0.39, 0.29) is 32.2 Å². The van der Waals surface area contributed by atoms with Crippen LogP contribution >= 0.6 is 0 Å². The molecular weight excluding hydrogens is 851 g/mol. The second-order valence-corrected chi connectivity index (χ2v) is 20.6. The van der Waals surface area contributed by atoms with E-state index in [1.54, 1.807) is 0 Å². The number of carboxylic acids is 1. The number of aliphatic carboxylic acids is 1. The van der Waals surface area contributed by atoms with Gasteiger partial charge in [-0.15, -0.1) is 0 Å². The van der Waals surface area contributed by atoms with Crippen LogP contribution in [0.4, 0.5) is 0 Å². The predicted molar refractivity (Wildman–Crippen MR) is 286 cm³/mol. The van der Waals surface area contributed by atoms with Gasteiger partial charge in [-0.3, -0.25) is 9.59 Å². The Labute approximate surface area is 420 Å². The lowest BCUT2D eigenvalue weighted by atomic mass is 10.0. The molecule has 9 nitrogen and oxygen atoms in total. The summed E-state index contributed by atoms with van der Waals surface area (Å²) in [6, 6.07) is 0. The molecule has 9 heteroatoms. The number of carbonyl (C=O) groups excluding carboxylic acids is 2. The van der Waals surface area contributed by atoms with Gasteiger partial charge in [-0.1, -0.05) is 243 Å². The Morgan fingerprint density at radius 3 is 1.25 bits per heavy atom. The molecular formula is C59H110NO8+. The van der Waals surface area contributed by atoms with Crippen LogP contribution in [0, 0.1) is 0 Å². The van der Waals surface area contributed by atoms with Crippen LogP contribution in [0.1, 0.15) is 264 Å². The molecule has 1 N–H and O–H groups in total. The highest BCUT2D eigenvalue weighted by atomic mass is 16.7. The highest BCUT2D eigenvalue weighted by Gasteiger charge is 2.25. The van der Waals surface area contributed by atoms with Crippen molar-refractivity contribution in [2.75, 3.05) is 47.5 Å². The first-order valence-corrected chi connectivity index (χ1v) is 28.7. The van der Waals surface area contributed by atoms with Gasteiger partial charge in [0.2, 0.25) is 0 Å². The van der Waals surface area contributed by atoms with Crippen LogP contribution in [0.15, 0.2) is 36.5 Å². The van der Waals surface area contributed by atoms with Crippen molar-refractivity contribution in [2.45, 2.75) is 277 Å². The first kappa shape index (κ1) is 65.5. The highest BCUT2D eigenvalue weighted by molar-refractivity contribution is 5.71. The minimum absolute atomic E-state index is 0.183. The van der Waals surface area contributed by atoms with Crippen LogP contribution in [0.25, 0.3) is 0 Å². The zero-order valence-electron chi connectivity index (χ0n) is 45.3. The van der Waals surface area contributed by atoms with Gasteiger partial charge in [0.15, 0.2) is 6.10 Å². The molecule has 0 saturated heterocycles. The number of quaternary nitrogens is 1. The van der Waals surface area contributed by atoms with Gasteiger partial charge in [0, 0.05) is 12.8 Å². The third-order valence-electron chi connectivity index (χ3n) is 12.7.